The molecule has 0 bridgehead atoms. The number of nitrogens with zero attached hydrogens (tertiary/aromatic N) is 4. The minimum Gasteiger partial charge on any atom is -0.462 e. The highest BCUT2D eigenvalue weighted by atomic mass is 31.1. The second-order valence-corrected chi connectivity index (χ2v) is 8.61. The number of nitrogen functional groups attached to an aromatic ring is 1. The molecule has 5 N–H and O–H groups in total. The van der Waals surface area contributed by atoms with Crippen LogP contribution >= 0.6 is 8.18 Å². The van der Waals surface area contributed by atoms with Crippen molar-refractivity contribution in [3.63, 3.8) is 0 Å². The highest BCUT2D eigenvalue weighted by Crippen LogP contribution is 2.26. The molecule has 2 unspecified atom stereocenters. The molecule has 2 aromatic rings. The first-order chi connectivity index (χ1) is 15.1. The lowest BCUT2D eigenvalue weighted by molar-refractivity contribution is -0.149. The third-order valence-electron chi connectivity index (χ3n) is 4.71. The molecule has 0 spiro atoms. The van der Waals surface area contributed by atoms with Crippen LogP contribution < -0.4 is 16.1 Å². The van der Waals surface area contributed by atoms with Crippen molar-refractivity contribution < 1.29 is 28.5 Å². The van der Waals surface area contributed by atoms with Gasteiger partial charge in [0, 0.05) is 14.2 Å². The molecule has 0 fully saturated rings. The Kier molecular flexibility index (Phi) is 9.34. The summed E-state index contributed by atoms with van der Waals surface area (Å²) < 4.78 is 29.6. The first kappa shape index (κ1) is 25.9. The Morgan fingerprint density at radius 3 is 2.59 bits per heavy atom. The van der Waals surface area contributed by atoms with Gasteiger partial charge in [-0.3, -0.25) is 9.36 Å². The number of nitrogens with one attached hydrogen (secondary N) is 2. The van der Waals surface area contributed by atoms with E-state index in [1.165, 1.54) is 20.4 Å². The Labute approximate surface area is 187 Å². The standard InChI is InChI=1S/C18H32N7O6P/c1-9(2)31-17(27)10(3)24-32(28)30-7-12(29-6)14(26)11(4)25-8-21-13-15(20-5)22-18(19)23-16(13)25/h8-12,14,26,32H,7H2,1-6H3,(H,24,28)(H3,19,20,22,23)/t10-,11+,12?,14+/m1/s1. The van der Waals surface area contributed by atoms with Gasteiger partial charge in [0.25, 0.3) is 8.18 Å². The number of methoxy groups -OCH3 is 1. The largest absolute Gasteiger partial charge is 0.462 e. The van der Waals surface area contributed by atoms with E-state index in [1.807, 2.05) is 0 Å². The summed E-state index contributed by atoms with van der Waals surface area (Å²) in [5.41, 5.74) is 6.72. The number of hydrogen-bond donors (Lipinski definition) is 4. The first-order valence-electron chi connectivity index (χ1n) is 10.1. The molecule has 2 heterocycles. The van der Waals surface area contributed by atoms with Crippen LogP contribution in [0, 0.1) is 0 Å². The fraction of sp³-hybridized carbons (Fsp3) is 0.667. The third kappa shape index (κ3) is 6.36. The Morgan fingerprint density at radius 2 is 2.00 bits per heavy atom. The molecule has 2 aromatic heterocycles. The van der Waals surface area contributed by atoms with Crippen molar-refractivity contribution in [2.45, 2.75) is 58.1 Å². The van der Waals surface area contributed by atoms with Crippen molar-refractivity contribution in [1.82, 2.24) is 24.6 Å². The topological polar surface area (TPSA) is 176 Å². The molecule has 32 heavy (non-hydrogen) atoms. The van der Waals surface area contributed by atoms with Gasteiger partial charge in [-0.05, 0) is 27.7 Å². The number of hydrogen-bond acceptors (Lipinski definition) is 11. The second kappa shape index (κ2) is 11.5. The maximum atomic E-state index is 12.2. The van der Waals surface area contributed by atoms with E-state index in [4.69, 9.17) is 19.7 Å². The molecule has 0 aromatic carbocycles. The average Bonchev–Trinajstić information content (AvgIpc) is 3.15. The molecule has 0 aliphatic heterocycles. The molecular weight excluding hydrogens is 441 g/mol. The molecule has 0 amide bonds. The van der Waals surface area contributed by atoms with Crippen LogP contribution in [0.4, 0.5) is 11.8 Å². The van der Waals surface area contributed by atoms with Gasteiger partial charge in [-0.2, -0.15) is 9.97 Å². The van der Waals surface area contributed by atoms with Crippen LogP contribution in [0.25, 0.3) is 11.2 Å². The molecule has 2 rings (SSSR count). The number of aliphatic hydroxyl groups excluding tert-OH is 1. The Bertz CT molecular complexity index is 940. The number of anilines is 2. The van der Waals surface area contributed by atoms with E-state index in [2.05, 4.69) is 25.4 Å². The minimum absolute atomic E-state index is 0.0618. The van der Waals surface area contributed by atoms with Crippen LogP contribution in [0.2, 0.25) is 0 Å². The summed E-state index contributed by atoms with van der Waals surface area (Å²) in [6.45, 7) is 6.54. The number of fused-ring (bicyclic) bond motifs is 1. The van der Waals surface area contributed by atoms with Crippen molar-refractivity contribution >= 4 is 37.1 Å². The van der Waals surface area contributed by atoms with Gasteiger partial charge in [0.05, 0.1) is 25.1 Å². The van der Waals surface area contributed by atoms with E-state index >= 15 is 0 Å². The van der Waals surface area contributed by atoms with Crippen molar-refractivity contribution in [1.29, 1.82) is 0 Å². The van der Waals surface area contributed by atoms with Gasteiger partial charge >= 0.3 is 5.97 Å². The number of rotatable bonds is 12. The van der Waals surface area contributed by atoms with Gasteiger partial charge in [-0.1, -0.05) is 0 Å². The SMILES string of the molecule is CNc1nc(N)nc2c1ncn2[C@@H](C)[C@H](O)C(CO[PH](=O)N[C@H](C)C(=O)OC(C)C)OC. The molecule has 0 saturated heterocycles. The van der Waals surface area contributed by atoms with Crippen molar-refractivity contribution in [2.75, 3.05) is 31.8 Å². The van der Waals surface area contributed by atoms with Crippen LogP contribution in [0.5, 0.6) is 0 Å². The zero-order valence-electron chi connectivity index (χ0n) is 19.0. The fourth-order valence-electron chi connectivity index (χ4n) is 2.96. The Hall–Kier alpha value is -2.31. The Morgan fingerprint density at radius 1 is 1.31 bits per heavy atom. The lowest BCUT2D eigenvalue weighted by Gasteiger charge is -2.27. The number of aromatic nitrogens is 4. The average molecular weight is 473 g/mol. The number of ether oxygens (including phenoxy) is 2. The molecule has 0 radical (unpaired) electrons. The lowest BCUT2D eigenvalue weighted by atomic mass is 10.1. The van der Waals surface area contributed by atoms with Gasteiger partial charge < -0.3 is 34.7 Å². The van der Waals surface area contributed by atoms with Crippen LogP contribution in [0.15, 0.2) is 6.33 Å². The van der Waals surface area contributed by atoms with Gasteiger partial charge in [-0.25, -0.2) is 10.1 Å². The van der Waals surface area contributed by atoms with E-state index in [1.54, 1.807) is 32.4 Å². The summed E-state index contributed by atoms with van der Waals surface area (Å²) in [6, 6.07) is -1.35. The lowest BCUT2D eigenvalue weighted by Crippen LogP contribution is -2.38. The van der Waals surface area contributed by atoms with Crippen molar-refractivity contribution in [2.24, 2.45) is 0 Å². The van der Waals surface area contributed by atoms with Crippen LogP contribution in [0.3, 0.4) is 0 Å². The van der Waals surface area contributed by atoms with E-state index in [0.29, 0.717) is 17.0 Å². The summed E-state index contributed by atoms with van der Waals surface area (Å²) in [7, 11) is 0.306. The summed E-state index contributed by atoms with van der Waals surface area (Å²) in [5, 5.41) is 16.3. The van der Waals surface area contributed by atoms with E-state index < -0.39 is 38.4 Å². The fourth-order valence-corrected chi connectivity index (χ4v) is 3.83. The van der Waals surface area contributed by atoms with Crippen LogP contribution in [0.1, 0.15) is 33.7 Å². The van der Waals surface area contributed by atoms with Gasteiger partial charge in [-0.15, -0.1) is 0 Å². The molecule has 5 atom stereocenters. The normalized spacial score (nSPS) is 16.5. The first-order valence-corrected chi connectivity index (χ1v) is 11.4. The molecule has 0 saturated carbocycles. The Balaban J connectivity index is 2.04. The van der Waals surface area contributed by atoms with Gasteiger partial charge in [0.1, 0.15) is 18.2 Å². The highest BCUT2D eigenvalue weighted by molar-refractivity contribution is 7.36. The maximum absolute atomic E-state index is 12.2. The summed E-state index contributed by atoms with van der Waals surface area (Å²) in [4.78, 5) is 24.4. The predicted molar refractivity (Wildman–Crippen MR) is 120 cm³/mol. The monoisotopic (exact) mass is 473 g/mol. The zero-order valence-corrected chi connectivity index (χ0v) is 20.0. The number of aliphatic hydroxyl groups is 1. The van der Waals surface area contributed by atoms with E-state index in [-0.39, 0.29) is 18.7 Å². The molecule has 180 valence electrons. The molecule has 13 nitrogen and oxygen atoms in total. The number of esters is 1. The molecule has 0 aliphatic carbocycles. The zero-order chi connectivity index (χ0) is 24.0. The van der Waals surface area contributed by atoms with Crippen LogP contribution in [-0.2, 0) is 23.4 Å². The second-order valence-electron chi connectivity index (χ2n) is 7.46. The highest BCUT2D eigenvalue weighted by Gasteiger charge is 2.29. The van der Waals surface area contributed by atoms with Gasteiger partial charge in [0.2, 0.25) is 5.95 Å². The quantitative estimate of drug-likeness (QED) is 0.251. The summed E-state index contributed by atoms with van der Waals surface area (Å²) in [6.07, 6.45) is -0.648. The summed E-state index contributed by atoms with van der Waals surface area (Å²) in [5.74, 6) is -0.00543. The number of carbonyl (C=O) groups is 1. The summed E-state index contributed by atoms with van der Waals surface area (Å²) >= 11 is 0. The smallest absolute Gasteiger partial charge is 0.323 e. The van der Waals surface area contributed by atoms with Crippen molar-refractivity contribution in [3.8, 4) is 0 Å². The molecule has 0 aliphatic rings. The molecular formula is C18H32N7O6P. The predicted octanol–water partition coefficient (Wildman–Crippen LogP) is 0.723. The molecule has 14 heteroatoms. The number of imidazole rings is 1. The van der Waals surface area contributed by atoms with Crippen molar-refractivity contribution in [3.05, 3.63) is 6.33 Å². The maximum Gasteiger partial charge on any atom is 0.323 e. The van der Waals surface area contributed by atoms with Gasteiger partial charge in [0.15, 0.2) is 17.0 Å². The van der Waals surface area contributed by atoms with E-state index in [9.17, 15) is 14.5 Å². The van der Waals surface area contributed by atoms with Crippen LogP contribution in [-0.4, -0.2) is 75.7 Å². The number of carbonyl (C=O) groups excluding carboxylic acids is 1. The number of nitrogens with two attached hydrogens (primary N) is 1. The van der Waals surface area contributed by atoms with E-state index in [0.717, 1.165) is 0 Å². The third-order valence-corrected chi connectivity index (χ3v) is 5.81. The minimum atomic E-state index is -2.79.